The minimum atomic E-state index is 0. The molecule has 0 aliphatic rings. The Labute approximate surface area is 94.4 Å². The van der Waals surface area contributed by atoms with E-state index in [-0.39, 0.29) is 61.9 Å². The standard InChI is InChI=1S/Mg.Mo.Nb.Ni.Ta.2H. The predicted molar refractivity (Wildman–Crippen MR) is 8.54 cm³/mol. The van der Waals surface area contributed by atoms with Gasteiger partial charge in [-0.3, -0.25) is 0 Å². The van der Waals surface area contributed by atoms with Gasteiger partial charge in [0.05, 0.1) is 0 Å². The zero-order valence-corrected chi connectivity index (χ0v) is 10.0. The summed E-state index contributed by atoms with van der Waals surface area (Å²) in [5.41, 5.74) is 0. The molecular formula is H2MgMoNbNiTa. The fourth-order valence-corrected chi connectivity index (χ4v) is 0. The minimum absolute atomic E-state index is 0. The molecule has 0 saturated carbocycles. The molecule has 0 aliphatic heterocycles. The van der Waals surface area contributed by atoms with E-state index in [4.69, 9.17) is 0 Å². The molecule has 0 aliphatic carbocycles. The molecule has 0 unspecified atom stereocenters. The molecule has 0 aromatic carbocycles. The third kappa shape index (κ3) is 18.6. The van der Waals surface area contributed by atoms with E-state index in [1.165, 1.54) is 18.0 Å². The van der Waals surface area contributed by atoms with Crippen molar-refractivity contribution in [3.8, 4) is 0 Å². The Morgan fingerprint density at radius 1 is 1.20 bits per heavy atom. The molecule has 0 spiro atoms. The molecule has 0 saturated heterocycles. The topological polar surface area (TPSA) is 0 Å². The Bertz CT molecular complexity index is 11.6. The van der Waals surface area contributed by atoms with Crippen molar-refractivity contribution >= 4 is 23.1 Å². The van der Waals surface area contributed by atoms with Crippen LogP contribution in [0.25, 0.3) is 0 Å². The van der Waals surface area contributed by atoms with Crippen molar-refractivity contribution in [1.82, 2.24) is 0 Å². The van der Waals surface area contributed by atoms with Crippen molar-refractivity contribution in [3.63, 3.8) is 0 Å². The number of hydrogen-bond acceptors (Lipinski definition) is 0. The van der Waals surface area contributed by atoms with E-state index in [2.05, 4.69) is 16.5 Å². The summed E-state index contributed by atoms with van der Waals surface area (Å²) in [4.78, 5) is 0. The normalized spacial score (nSPS) is 0.800. The molecule has 0 fully saturated rings. The van der Waals surface area contributed by atoms with Gasteiger partial charge >= 0.3 is 57.5 Å². The van der Waals surface area contributed by atoms with Crippen LogP contribution in [-0.2, 0) is 73.3 Å². The monoisotopic (exact) mass is 456 g/mol. The van der Waals surface area contributed by atoms with E-state index >= 15 is 0 Å². The average molecular weight is 455 g/mol. The van der Waals surface area contributed by atoms with Crippen LogP contribution >= 0.6 is 0 Å². The molecule has 5 heavy (non-hydrogen) atoms. The fourth-order valence-electron chi connectivity index (χ4n) is 0. The molecule has 0 rings (SSSR count). The smallest absolute Gasteiger partial charge is 0 e. The predicted octanol–water partition coefficient (Wildman–Crippen LogP) is -0.926. The van der Waals surface area contributed by atoms with Crippen molar-refractivity contribution in [2.45, 2.75) is 0 Å². The SMILES string of the molecule is [MgH2].[Mo][Ta].[Nb].[Ni]. The van der Waals surface area contributed by atoms with Crippen LogP contribution in [0.15, 0.2) is 0 Å². The van der Waals surface area contributed by atoms with E-state index in [9.17, 15) is 0 Å². The van der Waals surface area contributed by atoms with Crippen LogP contribution in [0, 0.1) is 0 Å². The first-order valence-corrected chi connectivity index (χ1v) is 8.84. The summed E-state index contributed by atoms with van der Waals surface area (Å²) in [6, 6.07) is 0. The second-order valence-electron chi connectivity index (χ2n) is 0. The Morgan fingerprint density at radius 3 is 1.20 bits per heavy atom. The summed E-state index contributed by atoms with van der Waals surface area (Å²) in [6.45, 7) is 0. The first-order chi connectivity index (χ1) is 1.00. The second-order valence-corrected chi connectivity index (χ2v) is 0. The second kappa shape index (κ2) is 26.1. The van der Waals surface area contributed by atoms with Gasteiger partial charge < -0.3 is 0 Å². The molecule has 0 aromatic heterocycles. The van der Waals surface area contributed by atoms with Crippen LogP contribution in [-0.4, -0.2) is 23.1 Å². The Balaban J connectivity index is -0.00000000167. The molecule has 0 N–H and O–H groups in total. The molecule has 0 heterocycles. The summed E-state index contributed by atoms with van der Waals surface area (Å²) in [6.07, 6.45) is 0. The molecular weight excluding hydrogens is 453 g/mol. The Morgan fingerprint density at radius 2 is 1.20 bits per heavy atom. The maximum absolute atomic E-state index is 2.06. The maximum atomic E-state index is 2.06. The van der Waals surface area contributed by atoms with Gasteiger partial charge in [0.15, 0.2) is 0 Å². The summed E-state index contributed by atoms with van der Waals surface area (Å²) in [7, 11) is 0. The summed E-state index contributed by atoms with van der Waals surface area (Å²) >= 11 is 3.52. The van der Waals surface area contributed by atoms with Crippen molar-refractivity contribution in [1.29, 1.82) is 0 Å². The fraction of sp³-hybridized carbons (Fsp3) is 0. The third-order valence-corrected chi connectivity index (χ3v) is 0. The molecule has 0 nitrogen and oxygen atoms in total. The summed E-state index contributed by atoms with van der Waals surface area (Å²) < 4.78 is 0. The van der Waals surface area contributed by atoms with E-state index in [0.717, 1.165) is 0 Å². The van der Waals surface area contributed by atoms with Crippen LogP contribution < -0.4 is 0 Å². The average Bonchev–Trinajstić information content (AvgIpc) is 1.00. The van der Waals surface area contributed by atoms with Gasteiger partial charge in [0.2, 0.25) is 0 Å². The zero-order chi connectivity index (χ0) is 2.00. The summed E-state index contributed by atoms with van der Waals surface area (Å²) in [5, 5.41) is 0. The maximum Gasteiger partial charge on any atom is 0 e. The van der Waals surface area contributed by atoms with Gasteiger partial charge in [-0.1, -0.05) is 0 Å². The van der Waals surface area contributed by atoms with Crippen molar-refractivity contribution in [3.05, 3.63) is 0 Å². The van der Waals surface area contributed by atoms with Gasteiger partial charge in [-0.05, 0) is 0 Å². The minimum Gasteiger partial charge on any atom is 0 e. The van der Waals surface area contributed by atoms with Crippen LogP contribution in [0.1, 0.15) is 0 Å². The van der Waals surface area contributed by atoms with Crippen molar-refractivity contribution < 1.29 is 73.3 Å². The number of rotatable bonds is 0. The molecule has 0 atom stereocenters. The first-order valence-electron chi connectivity index (χ1n) is 0.183. The molecule has 0 bridgehead atoms. The van der Waals surface area contributed by atoms with Gasteiger partial charge in [-0.15, -0.1) is 0 Å². The molecule has 5 heteroatoms. The molecule has 30 valence electrons. The van der Waals surface area contributed by atoms with E-state index in [1.807, 2.05) is 0 Å². The van der Waals surface area contributed by atoms with E-state index in [1.54, 1.807) is 0 Å². The van der Waals surface area contributed by atoms with Crippen LogP contribution in [0.5, 0.6) is 0 Å². The van der Waals surface area contributed by atoms with Gasteiger partial charge in [-0.2, -0.15) is 0 Å². The summed E-state index contributed by atoms with van der Waals surface area (Å²) in [5.74, 6) is 0. The largest absolute Gasteiger partial charge is 0 e. The van der Waals surface area contributed by atoms with Gasteiger partial charge in [0.25, 0.3) is 0 Å². The van der Waals surface area contributed by atoms with E-state index < -0.39 is 0 Å². The quantitative estimate of drug-likeness (QED) is 0.415. The van der Waals surface area contributed by atoms with E-state index in [0.29, 0.717) is 0 Å². The zero-order valence-electron chi connectivity index (χ0n) is 1.62. The van der Waals surface area contributed by atoms with Gasteiger partial charge in [-0.25, -0.2) is 0 Å². The molecule has 1 radical (unpaired) electrons. The van der Waals surface area contributed by atoms with Crippen LogP contribution in [0.3, 0.4) is 0 Å². The third-order valence-electron chi connectivity index (χ3n) is 0. The van der Waals surface area contributed by atoms with Crippen LogP contribution in [0.2, 0.25) is 0 Å². The van der Waals surface area contributed by atoms with Gasteiger partial charge in [0, 0.05) is 38.9 Å². The van der Waals surface area contributed by atoms with Crippen LogP contribution in [0.4, 0.5) is 0 Å². The van der Waals surface area contributed by atoms with Crippen molar-refractivity contribution in [2.24, 2.45) is 0 Å². The molecule has 0 amide bonds. The van der Waals surface area contributed by atoms with Crippen molar-refractivity contribution in [2.75, 3.05) is 0 Å². The van der Waals surface area contributed by atoms with Gasteiger partial charge in [0.1, 0.15) is 0 Å². The Hall–Kier alpha value is 3.43. The first kappa shape index (κ1) is 23.7. The number of hydrogen-bond donors (Lipinski definition) is 0. The Kier molecular flexibility index (Phi) is 124. The molecule has 0 aromatic rings.